The average molecular weight is 181 g/mol. The Balaban J connectivity index is 2.60. The summed E-state index contributed by atoms with van der Waals surface area (Å²) >= 11 is 0. The number of hydroxylamine groups is 3. The normalized spacial score (nSPS) is 32.5. The maximum absolute atomic E-state index is 11.3. The van der Waals surface area contributed by atoms with E-state index in [9.17, 15) is 13.6 Å². The fraction of sp³-hybridized carbons (Fsp3) is 1.00. The van der Waals surface area contributed by atoms with Gasteiger partial charge in [0.25, 0.3) is 10.0 Å². The van der Waals surface area contributed by atoms with Crippen molar-refractivity contribution in [2.75, 3.05) is 25.6 Å². The van der Waals surface area contributed by atoms with Crippen molar-refractivity contribution in [3.05, 3.63) is 5.21 Å². The van der Waals surface area contributed by atoms with Crippen molar-refractivity contribution >= 4 is 10.0 Å². The van der Waals surface area contributed by atoms with Crippen molar-refractivity contribution in [2.45, 2.75) is 0 Å². The molecule has 1 atom stereocenters. The number of hydrogen-bond donors (Lipinski definition) is 2. The predicted octanol–water partition coefficient (Wildman–Crippen LogP) is -1.89. The number of primary sulfonamides is 1. The van der Waals surface area contributed by atoms with Crippen LogP contribution in [-0.4, -0.2) is 38.7 Å². The molecule has 0 aromatic rings. The molecule has 0 radical (unpaired) electrons. The van der Waals surface area contributed by atoms with Gasteiger partial charge in [-0.2, -0.15) is 0 Å². The van der Waals surface area contributed by atoms with Gasteiger partial charge >= 0.3 is 0 Å². The molecule has 1 saturated heterocycles. The van der Waals surface area contributed by atoms with Gasteiger partial charge in [0.05, 0.1) is 13.1 Å². The molecule has 0 aromatic heterocycles. The summed E-state index contributed by atoms with van der Waals surface area (Å²) in [5.41, 5.74) is 0. The van der Waals surface area contributed by atoms with Crippen LogP contribution in [0.5, 0.6) is 0 Å². The molecule has 1 unspecified atom stereocenters. The summed E-state index contributed by atoms with van der Waals surface area (Å²) in [6.45, 7) is 0.964. The lowest BCUT2D eigenvalue weighted by molar-refractivity contribution is -0.856. The highest BCUT2D eigenvalue weighted by atomic mass is 32.2. The predicted molar refractivity (Wildman–Crippen MR) is 39.3 cm³/mol. The van der Waals surface area contributed by atoms with Crippen molar-refractivity contribution in [3.63, 3.8) is 0 Å². The minimum atomic E-state index is -3.65. The number of sulfonamides is 1. The Morgan fingerprint density at radius 2 is 2.27 bits per heavy atom. The van der Waals surface area contributed by atoms with Crippen LogP contribution in [0.15, 0.2) is 0 Å². The van der Waals surface area contributed by atoms with Gasteiger partial charge in [-0.15, -0.1) is 0 Å². The largest absolute Gasteiger partial charge is 0.631 e. The number of hydrogen-bond acceptors (Lipinski definition) is 4. The van der Waals surface area contributed by atoms with Crippen molar-refractivity contribution in [1.82, 2.24) is 5.32 Å². The first-order chi connectivity index (χ1) is 4.91. The second kappa shape index (κ2) is 2.68. The summed E-state index contributed by atoms with van der Waals surface area (Å²) in [6.07, 6.45) is 0. The van der Waals surface area contributed by atoms with Crippen LogP contribution >= 0.6 is 0 Å². The molecule has 0 spiro atoms. The first kappa shape index (κ1) is 8.88. The Kier molecular flexibility index (Phi) is 2.17. The Labute approximate surface area is 65.2 Å². The maximum Gasteiger partial charge on any atom is 0.260 e. The number of nitrogens with two attached hydrogens (primary N) is 1. The molecule has 11 heavy (non-hydrogen) atoms. The average Bonchev–Trinajstić information content (AvgIpc) is 2.09. The first-order valence-corrected chi connectivity index (χ1v) is 4.91. The Morgan fingerprint density at radius 3 is 2.64 bits per heavy atom. The molecule has 7 heteroatoms. The molecule has 1 rings (SSSR count). The monoisotopic (exact) mass is 181 g/mol. The minimum absolute atomic E-state index is 0.135. The quantitative estimate of drug-likeness (QED) is 0.384. The molecular formula is C4H11N3O3S. The molecule has 66 valence electrons. The highest BCUT2D eigenvalue weighted by Crippen LogP contribution is 2.07. The molecule has 6 nitrogen and oxygen atoms in total. The third kappa shape index (κ3) is 2.72. The van der Waals surface area contributed by atoms with E-state index in [2.05, 4.69) is 5.32 Å². The third-order valence-electron chi connectivity index (χ3n) is 1.51. The fourth-order valence-corrected chi connectivity index (χ4v) is 1.96. The van der Waals surface area contributed by atoms with Gasteiger partial charge in [-0.25, -0.2) is 13.6 Å². The van der Waals surface area contributed by atoms with Gasteiger partial charge in [-0.1, -0.05) is 0 Å². The van der Waals surface area contributed by atoms with Gasteiger partial charge < -0.3 is 9.85 Å². The van der Waals surface area contributed by atoms with E-state index in [0.717, 1.165) is 0 Å². The van der Waals surface area contributed by atoms with Gasteiger partial charge in [-0.3, -0.25) is 5.32 Å². The lowest BCUT2D eigenvalue weighted by Crippen LogP contribution is -2.46. The van der Waals surface area contributed by atoms with Gasteiger partial charge in [0.2, 0.25) is 0 Å². The van der Waals surface area contributed by atoms with Crippen LogP contribution in [0.2, 0.25) is 0 Å². The van der Waals surface area contributed by atoms with Crippen molar-refractivity contribution in [1.29, 1.82) is 0 Å². The van der Waals surface area contributed by atoms with Crippen LogP contribution < -0.4 is 10.5 Å². The van der Waals surface area contributed by atoms with E-state index in [4.69, 9.17) is 5.14 Å². The summed E-state index contributed by atoms with van der Waals surface area (Å²) in [4.78, 5) is 0. The van der Waals surface area contributed by atoms with Crippen molar-refractivity contribution < 1.29 is 13.1 Å². The lowest BCUT2D eigenvalue weighted by atomic mass is 10.6. The van der Waals surface area contributed by atoms with Crippen molar-refractivity contribution in [2.24, 2.45) is 5.14 Å². The molecule has 0 amide bonds. The smallest absolute Gasteiger partial charge is 0.260 e. The number of nitrogens with one attached hydrogen (secondary N) is 1. The van der Waals surface area contributed by atoms with Gasteiger partial charge in [0.15, 0.2) is 5.88 Å². The number of nitrogens with zero attached hydrogens (tertiary/aromatic N) is 1. The van der Waals surface area contributed by atoms with E-state index >= 15 is 0 Å². The molecular weight excluding hydrogens is 170 g/mol. The molecule has 0 aliphatic carbocycles. The van der Waals surface area contributed by atoms with E-state index in [1.165, 1.54) is 0 Å². The second-order valence-electron chi connectivity index (χ2n) is 2.73. The third-order valence-corrected chi connectivity index (χ3v) is 2.34. The van der Waals surface area contributed by atoms with E-state index in [1.54, 1.807) is 0 Å². The van der Waals surface area contributed by atoms with Crippen molar-refractivity contribution in [3.8, 4) is 0 Å². The summed E-state index contributed by atoms with van der Waals surface area (Å²) in [7, 11) is -3.65. The van der Waals surface area contributed by atoms with Crippen LogP contribution in [0, 0.1) is 5.21 Å². The Morgan fingerprint density at radius 1 is 1.64 bits per heavy atom. The second-order valence-corrected chi connectivity index (χ2v) is 4.32. The van der Waals surface area contributed by atoms with Gasteiger partial charge in [0.1, 0.15) is 6.67 Å². The molecule has 3 N–H and O–H groups in total. The summed E-state index contributed by atoms with van der Waals surface area (Å²) in [5, 5.41) is 18.8. The summed E-state index contributed by atoms with van der Waals surface area (Å²) in [5.74, 6) is -0.528. The molecule has 0 bridgehead atoms. The zero-order valence-corrected chi connectivity index (χ0v) is 6.80. The van der Waals surface area contributed by atoms with E-state index in [0.29, 0.717) is 6.54 Å². The fourth-order valence-electron chi connectivity index (χ4n) is 1.08. The molecule has 1 heterocycles. The standard InChI is InChI=1S/C4H11N3O3S/c5-11(9,10)4-7(8)2-1-6-3-7/h6H,1-4H2,(H2,5,9,10). The van der Waals surface area contributed by atoms with Crippen LogP contribution in [0.25, 0.3) is 0 Å². The van der Waals surface area contributed by atoms with E-state index < -0.39 is 20.5 Å². The zero-order valence-electron chi connectivity index (χ0n) is 5.99. The lowest BCUT2D eigenvalue weighted by Gasteiger charge is -2.35. The van der Waals surface area contributed by atoms with E-state index in [1.807, 2.05) is 0 Å². The maximum atomic E-state index is 11.3. The molecule has 1 aliphatic rings. The SMILES string of the molecule is NS(=O)(=O)C[N+]1([O-])CCNC1. The number of rotatable bonds is 2. The minimum Gasteiger partial charge on any atom is -0.631 e. The van der Waals surface area contributed by atoms with Crippen LogP contribution in [-0.2, 0) is 10.0 Å². The highest BCUT2D eigenvalue weighted by molar-refractivity contribution is 7.88. The molecule has 0 aromatic carbocycles. The highest BCUT2D eigenvalue weighted by Gasteiger charge is 2.26. The van der Waals surface area contributed by atoms with Crippen LogP contribution in [0.4, 0.5) is 0 Å². The van der Waals surface area contributed by atoms with Crippen LogP contribution in [0.1, 0.15) is 0 Å². The first-order valence-electron chi connectivity index (χ1n) is 3.20. The summed E-state index contributed by atoms with van der Waals surface area (Å²) in [6, 6.07) is 0. The van der Waals surface area contributed by atoms with Crippen LogP contribution in [0.3, 0.4) is 0 Å². The zero-order chi connectivity index (χ0) is 8.54. The topological polar surface area (TPSA) is 95.2 Å². The van der Waals surface area contributed by atoms with E-state index in [-0.39, 0.29) is 13.2 Å². The van der Waals surface area contributed by atoms with Gasteiger partial charge in [0, 0.05) is 0 Å². The van der Waals surface area contributed by atoms with Gasteiger partial charge in [-0.05, 0) is 0 Å². The number of quaternary nitrogens is 1. The molecule has 0 saturated carbocycles. The molecule has 1 fully saturated rings. The summed E-state index contributed by atoms with van der Waals surface area (Å²) < 4.78 is 20.3. The Hall–Kier alpha value is -0.210. The Bertz CT molecular complexity index is 231. The molecule has 1 aliphatic heterocycles.